The van der Waals surface area contributed by atoms with Crippen LogP contribution in [0.4, 0.5) is 11.4 Å². The Morgan fingerprint density at radius 3 is 2.27 bits per heavy atom. The number of hydrogen-bond acceptors (Lipinski definition) is 9. The molecule has 1 saturated carbocycles. The van der Waals surface area contributed by atoms with Gasteiger partial charge in [0.25, 0.3) is 11.8 Å². The van der Waals surface area contributed by atoms with E-state index in [-0.39, 0.29) is 28.0 Å². The molecule has 212 valence electrons. The molecule has 1 aromatic heterocycles. The lowest BCUT2D eigenvalue weighted by atomic mass is 9.94. The third-order valence-electron chi connectivity index (χ3n) is 6.91. The van der Waals surface area contributed by atoms with Crippen molar-refractivity contribution >= 4 is 40.6 Å². The maximum Gasteiger partial charge on any atom is 0.273 e. The first kappa shape index (κ1) is 28.7. The van der Waals surface area contributed by atoms with Crippen molar-refractivity contribution in [1.29, 1.82) is 0 Å². The van der Waals surface area contributed by atoms with E-state index in [0.717, 1.165) is 43.6 Å². The van der Waals surface area contributed by atoms with Gasteiger partial charge in [-0.05, 0) is 42.6 Å². The third-order valence-corrected chi connectivity index (χ3v) is 7.76. The van der Waals surface area contributed by atoms with Crippen LogP contribution in [0.2, 0.25) is 0 Å². The van der Waals surface area contributed by atoms with Crippen LogP contribution >= 0.6 is 11.5 Å². The first-order valence-electron chi connectivity index (χ1n) is 12.8. The van der Waals surface area contributed by atoms with Crippen LogP contribution in [0.3, 0.4) is 0 Å². The minimum atomic E-state index is -1.24. The lowest BCUT2D eigenvalue weighted by molar-refractivity contribution is -0.123. The van der Waals surface area contributed by atoms with Crippen LogP contribution in [0.5, 0.6) is 17.2 Å². The van der Waals surface area contributed by atoms with Gasteiger partial charge in [0.1, 0.15) is 16.7 Å². The van der Waals surface area contributed by atoms with E-state index in [1.807, 2.05) is 0 Å². The Hall–Kier alpha value is -4.32. The molecule has 2 aromatic carbocycles. The van der Waals surface area contributed by atoms with Gasteiger partial charge in [0.2, 0.25) is 5.91 Å². The van der Waals surface area contributed by atoms with Gasteiger partial charge in [-0.15, -0.1) is 0 Å². The number of nitrogens with two attached hydrogens (primary N) is 2. The summed E-state index contributed by atoms with van der Waals surface area (Å²) in [7, 11) is 4.43. The molecule has 1 aliphatic carbocycles. The highest BCUT2D eigenvalue weighted by atomic mass is 32.1. The number of amides is 3. The molecule has 0 radical (unpaired) electrons. The molecule has 12 heteroatoms. The van der Waals surface area contributed by atoms with Crippen molar-refractivity contribution in [3.8, 4) is 17.2 Å². The summed E-state index contributed by atoms with van der Waals surface area (Å²) in [4.78, 5) is 41.8. The van der Waals surface area contributed by atoms with Gasteiger partial charge in [-0.2, -0.15) is 4.37 Å². The monoisotopic (exact) mass is 567 g/mol. The van der Waals surface area contributed by atoms with Crippen molar-refractivity contribution < 1.29 is 28.6 Å². The smallest absolute Gasteiger partial charge is 0.273 e. The average molecular weight is 568 g/mol. The Kier molecular flexibility index (Phi) is 9.10. The molecular weight excluding hydrogens is 534 g/mol. The molecule has 1 atom stereocenters. The Morgan fingerprint density at radius 2 is 1.65 bits per heavy atom. The van der Waals surface area contributed by atoms with E-state index in [2.05, 4.69) is 9.69 Å². The summed E-state index contributed by atoms with van der Waals surface area (Å²) in [6, 6.07) is 10.6. The zero-order valence-electron chi connectivity index (χ0n) is 22.6. The number of methoxy groups -OCH3 is 3. The van der Waals surface area contributed by atoms with Gasteiger partial charge < -0.3 is 31.0 Å². The number of ether oxygens (including phenoxy) is 3. The predicted octanol–water partition coefficient (Wildman–Crippen LogP) is 3.69. The standard InChI is InChI=1S/C28H33N5O6S/c1-37-19-14-8-7-13-18(19)33(28(36)25-21(29)22(26(30)34)32-40-25)23(27(35)31-16-10-5-4-6-11-16)17-12-9-15-20(38-2)24(17)39-3/h7-9,12-16,23H,4-6,10-11,29H2,1-3H3,(H2,30,34)(H,31,35)/t23-/m1/s1. The second kappa shape index (κ2) is 12.7. The summed E-state index contributed by atoms with van der Waals surface area (Å²) in [6.45, 7) is 0. The summed E-state index contributed by atoms with van der Waals surface area (Å²) < 4.78 is 20.8. The first-order chi connectivity index (χ1) is 19.3. The van der Waals surface area contributed by atoms with Crippen molar-refractivity contribution in [2.75, 3.05) is 32.0 Å². The van der Waals surface area contributed by atoms with Crippen LogP contribution in [-0.2, 0) is 4.79 Å². The largest absolute Gasteiger partial charge is 0.495 e. The van der Waals surface area contributed by atoms with Gasteiger partial charge in [-0.3, -0.25) is 19.3 Å². The zero-order valence-corrected chi connectivity index (χ0v) is 23.5. The van der Waals surface area contributed by atoms with Crippen molar-refractivity contribution in [1.82, 2.24) is 9.69 Å². The number of nitrogens with one attached hydrogen (secondary N) is 1. The van der Waals surface area contributed by atoms with E-state index in [1.54, 1.807) is 42.5 Å². The molecular formula is C28H33N5O6S. The number of primary amides is 1. The zero-order chi connectivity index (χ0) is 28.8. The minimum Gasteiger partial charge on any atom is -0.495 e. The van der Waals surface area contributed by atoms with Gasteiger partial charge in [0, 0.05) is 11.6 Å². The van der Waals surface area contributed by atoms with Crippen molar-refractivity contribution in [2.24, 2.45) is 5.73 Å². The maximum atomic E-state index is 14.4. The number of anilines is 2. The molecule has 3 aromatic rings. The fourth-order valence-electron chi connectivity index (χ4n) is 4.99. The molecule has 5 N–H and O–H groups in total. The lowest BCUT2D eigenvalue weighted by Gasteiger charge is -2.34. The SMILES string of the molecule is COc1ccccc1N(C(=O)c1snc(C(N)=O)c1N)[C@@H](C(=O)NC1CCCCC1)c1cccc(OC)c1OC. The molecule has 1 heterocycles. The summed E-state index contributed by atoms with van der Waals surface area (Å²) in [5.41, 5.74) is 11.9. The number of rotatable bonds is 10. The number of aromatic nitrogens is 1. The van der Waals surface area contributed by atoms with E-state index in [9.17, 15) is 14.4 Å². The van der Waals surface area contributed by atoms with Crippen LogP contribution < -0.4 is 35.9 Å². The number of carbonyl (C=O) groups is 3. The number of hydrogen-bond donors (Lipinski definition) is 3. The van der Waals surface area contributed by atoms with Crippen LogP contribution in [0.25, 0.3) is 0 Å². The Bertz CT molecular complexity index is 1390. The minimum absolute atomic E-state index is 0.0444. The van der Waals surface area contributed by atoms with E-state index >= 15 is 0 Å². The molecule has 0 spiro atoms. The summed E-state index contributed by atoms with van der Waals surface area (Å²) in [6.07, 6.45) is 4.78. The number of nitrogens with zero attached hydrogens (tertiary/aromatic N) is 2. The van der Waals surface area contributed by atoms with Crippen LogP contribution in [0, 0.1) is 0 Å². The Balaban J connectivity index is 1.96. The van der Waals surface area contributed by atoms with Crippen molar-refractivity contribution in [3.63, 3.8) is 0 Å². The Labute approximate surface area is 236 Å². The summed E-state index contributed by atoms with van der Waals surface area (Å²) in [5, 5.41) is 3.15. The maximum absolute atomic E-state index is 14.4. The predicted molar refractivity (Wildman–Crippen MR) is 152 cm³/mol. The van der Waals surface area contributed by atoms with E-state index in [0.29, 0.717) is 22.7 Å². The topological polar surface area (TPSA) is 159 Å². The molecule has 1 aliphatic rings. The number of para-hydroxylation sites is 3. The van der Waals surface area contributed by atoms with Gasteiger partial charge >= 0.3 is 0 Å². The highest BCUT2D eigenvalue weighted by Gasteiger charge is 2.40. The van der Waals surface area contributed by atoms with Gasteiger partial charge in [-0.25, -0.2) is 0 Å². The normalized spacial score (nSPS) is 14.2. The molecule has 0 aliphatic heterocycles. The first-order valence-corrected chi connectivity index (χ1v) is 13.6. The molecule has 0 unspecified atom stereocenters. The van der Waals surface area contributed by atoms with Gasteiger partial charge in [0.05, 0.1) is 32.7 Å². The van der Waals surface area contributed by atoms with Crippen LogP contribution in [-0.4, -0.2) is 49.5 Å². The highest BCUT2D eigenvalue weighted by Crippen LogP contribution is 2.43. The molecule has 40 heavy (non-hydrogen) atoms. The molecule has 0 saturated heterocycles. The Morgan fingerprint density at radius 1 is 0.975 bits per heavy atom. The number of benzene rings is 2. The fraction of sp³-hybridized carbons (Fsp3) is 0.357. The average Bonchev–Trinajstić information content (AvgIpc) is 3.37. The molecule has 3 amide bonds. The fourth-order valence-corrected chi connectivity index (χ4v) is 5.73. The quantitative estimate of drug-likeness (QED) is 0.335. The second-order valence-corrected chi connectivity index (χ2v) is 10.1. The molecule has 0 bridgehead atoms. The van der Waals surface area contributed by atoms with Gasteiger partial charge in [-0.1, -0.05) is 43.5 Å². The van der Waals surface area contributed by atoms with Crippen molar-refractivity contribution in [2.45, 2.75) is 44.2 Å². The van der Waals surface area contributed by atoms with E-state index in [1.165, 1.54) is 26.2 Å². The molecule has 11 nitrogen and oxygen atoms in total. The summed E-state index contributed by atoms with van der Waals surface area (Å²) >= 11 is 0.731. The van der Waals surface area contributed by atoms with Gasteiger partial charge in [0.15, 0.2) is 17.2 Å². The third kappa shape index (κ3) is 5.67. The number of nitrogen functional groups attached to an aromatic ring is 1. The second-order valence-electron chi connectivity index (χ2n) is 9.31. The molecule has 4 rings (SSSR count). The summed E-state index contributed by atoms with van der Waals surface area (Å²) in [5.74, 6) is -0.937. The van der Waals surface area contributed by atoms with Crippen molar-refractivity contribution in [3.05, 3.63) is 58.6 Å². The van der Waals surface area contributed by atoms with Crippen LogP contribution in [0.1, 0.15) is 63.9 Å². The van der Waals surface area contributed by atoms with E-state index < -0.39 is 23.8 Å². The van der Waals surface area contributed by atoms with Crippen LogP contribution in [0.15, 0.2) is 42.5 Å². The van der Waals surface area contributed by atoms with E-state index in [4.69, 9.17) is 25.7 Å². The number of carbonyl (C=O) groups excluding carboxylic acids is 3. The molecule has 1 fully saturated rings. The lowest BCUT2D eigenvalue weighted by Crippen LogP contribution is -2.47. The highest BCUT2D eigenvalue weighted by molar-refractivity contribution is 7.09.